The van der Waals surface area contributed by atoms with Gasteiger partial charge in [-0.05, 0) is 37.2 Å². The highest BCUT2D eigenvalue weighted by molar-refractivity contribution is 7.80. The predicted octanol–water partition coefficient (Wildman–Crippen LogP) is 3.10. The number of methoxy groups -OCH3 is 1. The molecule has 8 heteroatoms. The number of nitrogens with one attached hydrogen (secondary N) is 2. The van der Waals surface area contributed by atoms with Crippen molar-refractivity contribution in [2.45, 2.75) is 32.7 Å². The van der Waals surface area contributed by atoms with Crippen LogP contribution < -0.4 is 20.1 Å². The quantitative estimate of drug-likeness (QED) is 0.320. The van der Waals surface area contributed by atoms with Crippen molar-refractivity contribution in [2.24, 2.45) is 5.92 Å². The Hall–Kier alpha value is -2.32. The molecule has 2 N–H and O–H groups in total. The average Bonchev–Trinajstić information content (AvgIpc) is 2.70. The lowest BCUT2D eigenvalue weighted by atomic mass is 9.88. The van der Waals surface area contributed by atoms with E-state index in [0.717, 1.165) is 24.2 Å². The van der Waals surface area contributed by atoms with Crippen LogP contribution >= 0.6 is 12.2 Å². The first-order chi connectivity index (χ1) is 14.0. The molecule has 160 valence electrons. The van der Waals surface area contributed by atoms with E-state index in [9.17, 15) is 4.79 Å². The molecule has 0 radical (unpaired) electrons. The summed E-state index contributed by atoms with van der Waals surface area (Å²) in [5, 5.41) is 6.50. The van der Waals surface area contributed by atoms with Crippen LogP contribution in [0, 0.1) is 5.92 Å². The smallest absolute Gasteiger partial charge is 0.317 e. The van der Waals surface area contributed by atoms with Crippen LogP contribution in [0.4, 0.5) is 0 Å². The molecule has 0 aliphatic carbocycles. The van der Waals surface area contributed by atoms with Crippen molar-refractivity contribution in [3.63, 3.8) is 0 Å². The Morgan fingerprint density at radius 1 is 1.14 bits per heavy atom. The van der Waals surface area contributed by atoms with Gasteiger partial charge in [-0.15, -0.1) is 0 Å². The molecule has 1 saturated heterocycles. The minimum atomic E-state index is -0.676. The van der Waals surface area contributed by atoms with Crippen LogP contribution in [0.2, 0.25) is 0 Å². The number of carbonyl (C=O) groups is 1. The molecule has 0 unspecified atom stereocenters. The molecule has 1 aliphatic heterocycles. The molecule has 29 heavy (non-hydrogen) atoms. The van der Waals surface area contributed by atoms with Gasteiger partial charge in [-0.25, -0.2) is 0 Å². The Kier molecular flexibility index (Phi) is 9.21. The van der Waals surface area contributed by atoms with Crippen LogP contribution in [-0.2, 0) is 14.3 Å². The minimum Gasteiger partial charge on any atom is -0.493 e. The van der Waals surface area contributed by atoms with Crippen LogP contribution in [0.3, 0.4) is 0 Å². The lowest BCUT2D eigenvalue weighted by molar-refractivity contribution is -0.149. The van der Waals surface area contributed by atoms with Crippen molar-refractivity contribution in [1.82, 2.24) is 10.6 Å². The van der Waals surface area contributed by atoms with Crippen molar-refractivity contribution in [1.29, 1.82) is 0 Å². The molecule has 0 spiro atoms. The van der Waals surface area contributed by atoms with E-state index in [4.69, 9.17) is 31.2 Å². The van der Waals surface area contributed by atoms with Gasteiger partial charge in [0.25, 0.3) is 0 Å². The van der Waals surface area contributed by atoms with Crippen LogP contribution in [0.5, 0.6) is 11.5 Å². The maximum atomic E-state index is 12.8. The van der Waals surface area contributed by atoms with Crippen molar-refractivity contribution in [2.75, 3.05) is 33.5 Å². The fraction of sp³-hybridized carbons (Fsp3) is 0.524. The Morgan fingerprint density at radius 2 is 1.86 bits per heavy atom. The SMILES string of the molecule is C=C1NC(=S)N[C@H](c2ccc(OCCC)cc2OCCC)[C@H]1C(=O)OCCOC. The average molecular weight is 423 g/mol. The number of esters is 1. The molecular weight excluding hydrogens is 392 g/mol. The van der Waals surface area contributed by atoms with E-state index < -0.39 is 17.9 Å². The zero-order chi connectivity index (χ0) is 21.2. The molecule has 2 atom stereocenters. The summed E-state index contributed by atoms with van der Waals surface area (Å²) in [6, 6.07) is 5.14. The first-order valence-corrected chi connectivity index (χ1v) is 10.2. The fourth-order valence-electron chi connectivity index (χ4n) is 2.95. The van der Waals surface area contributed by atoms with Crippen molar-refractivity contribution in [3.05, 3.63) is 36.0 Å². The predicted molar refractivity (Wildman–Crippen MR) is 115 cm³/mol. The van der Waals surface area contributed by atoms with Gasteiger partial charge in [-0.2, -0.15) is 0 Å². The van der Waals surface area contributed by atoms with E-state index in [-0.39, 0.29) is 6.61 Å². The van der Waals surface area contributed by atoms with E-state index in [0.29, 0.717) is 36.4 Å². The zero-order valence-corrected chi connectivity index (χ0v) is 18.1. The summed E-state index contributed by atoms with van der Waals surface area (Å²) in [7, 11) is 1.55. The van der Waals surface area contributed by atoms with Crippen LogP contribution in [0.25, 0.3) is 0 Å². The maximum Gasteiger partial charge on any atom is 0.317 e. The topological polar surface area (TPSA) is 78.0 Å². The van der Waals surface area contributed by atoms with Crippen LogP contribution in [0.1, 0.15) is 38.3 Å². The fourth-order valence-corrected chi connectivity index (χ4v) is 3.21. The van der Waals surface area contributed by atoms with Gasteiger partial charge in [-0.3, -0.25) is 4.79 Å². The lowest BCUT2D eigenvalue weighted by Gasteiger charge is -2.35. The highest BCUT2D eigenvalue weighted by Gasteiger charge is 2.39. The molecule has 7 nitrogen and oxygen atoms in total. The van der Waals surface area contributed by atoms with Crippen LogP contribution in [-0.4, -0.2) is 44.6 Å². The molecule has 1 aromatic carbocycles. The second kappa shape index (κ2) is 11.6. The Morgan fingerprint density at radius 3 is 2.55 bits per heavy atom. The Bertz CT molecular complexity index is 725. The molecule has 2 rings (SSSR count). The van der Waals surface area contributed by atoms with Crippen molar-refractivity contribution in [3.8, 4) is 11.5 Å². The molecule has 0 amide bonds. The van der Waals surface area contributed by atoms with Gasteiger partial charge in [-0.1, -0.05) is 20.4 Å². The van der Waals surface area contributed by atoms with Gasteiger partial charge >= 0.3 is 5.97 Å². The van der Waals surface area contributed by atoms with Crippen molar-refractivity contribution < 1.29 is 23.7 Å². The molecular formula is C21H30N2O5S. The first-order valence-electron chi connectivity index (χ1n) is 9.83. The zero-order valence-electron chi connectivity index (χ0n) is 17.3. The standard InChI is InChI=1S/C21H30N2O5S/c1-5-9-26-15-7-8-16(17(13-15)27-10-6-2)19-18(14(3)22-21(29)23-19)20(24)28-12-11-25-4/h7-8,13,18-19H,3,5-6,9-12H2,1-2,4H3,(H2,22,23,29)/t18-,19+/m0/s1. The van der Waals surface area contributed by atoms with Crippen LogP contribution in [0.15, 0.2) is 30.5 Å². The van der Waals surface area contributed by atoms with Gasteiger partial charge in [0.2, 0.25) is 0 Å². The number of rotatable bonds is 11. The molecule has 0 aromatic heterocycles. The summed E-state index contributed by atoms with van der Waals surface area (Å²) in [5.41, 5.74) is 1.27. The third-order valence-corrected chi connectivity index (χ3v) is 4.53. The van der Waals surface area contributed by atoms with Gasteiger partial charge in [0.1, 0.15) is 24.0 Å². The van der Waals surface area contributed by atoms with Crippen molar-refractivity contribution >= 4 is 23.3 Å². The summed E-state index contributed by atoms with van der Waals surface area (Å²) >= 11 is 5.30. The number of ether oxygens (including phenoxy) is 4. The third-order valence-electron chi connectivity index (χ3n) is 4.31. The monoisotopic (exact) mass is 422 g/mol. The number of hydrogen-bond acceptors (Lipinski definition) is 6. The largest absolute Gasteiger partial charge is 0.493 e. The van der Waals surface area contributed by atoms with E-state index in [1.54, 1.807) is 7.11 Å². The molecule has 1 fully saturated rings. The molecule has 0 saturated carbocycles. The highest BCUT2D eigenvalue weighted by Crippen LogP contribution is 2.37. The molecule has 1 aliphatic rings. The summed E-state index contributed by atoms with van der Waals surface area (Å²) in [6.07, 6.45) is 1.76. The minimum absolute atomic E-state index is 0.166. The summed E-state index contributed by atoms with van der Waals surface area (Å²) in [5.74, 6) is 0.277. The van der Waals surface area contributed by atoms with E-state index in [1.165, 1.54) is 0 Å². The normalized spacial score (nSPS) is 18.6. The second-order valence-corrected chi connectivity index (χ2v) is 7.04. The summed E-state index contributed by atoms with van der Waals surface area (Å²) < 4.78 is 22.0. The van der Waals surface area contributed by atoms with E-state index in [1.807, 2.05) is 32.0 Å². The van der Waals surface area contributed by atoms with E-state index >= 15 is 0 Å². The maximum absolute atomic E-state index is 12.8. The third kappa shape index (κ3) is 6.33. The number of hydrogen-bond donors (Lipinski definition) is 2. The number of carbonyl (C=O) groups excluding carboxylic acids is 1. The Balaban J connectivity index is 2.35. The second-order valence-electron chi connectivity index (χ2n) is 6.64. The molecule has 1 heterocycles. The number of thiocarbonyl (C=S) groups is 1. The lowest BCUT2D eigenvalue weighted by Crippen LogP contribution is -2.51. The molecule has 1 aromatic rings. The first kappa shape index (κ1) is 23.0. The number of benzene rings is 1. The summed E-state index contributed by atoms with van der Waals surface area (Å²) in [4.78, 5) is 12.8. The highest BCUT2D eigenvalue weighted by atomic mass is 32.1. The van der Waals surface area contributed by atoms with E-state index in [2.05, 4.69) is 17.2 Å². The van der Waals surface area contributed by atoms with Gasteiger partial charge in [0.15, 0.2) is 5.11 Å². The van der Waals surface area contributed by atoms with Gasteiger partial charge in [0, 0.05) is 24.4 Å². The van der Waals surface area contributed by atoms with Gasteiger partial charge < -0.3 is 29.6 Å². The van der Waals surface area contributed by atoms with Gasteiger partial charge in [0.05, 0.1) is 25.9 Å². The Labute approximate surface area is 177 Å². The summed E-state index contributed by atoms with van der Waals surface area (Å²) in [6.45, 7) is 9.72. The molecule has 0 bridgehead atoms.